The summed E-state index contributed by atoms with van der Waals surface area (Å²) >= 11 is -1.22. The molecule has 2 unspecified atom stereocenters. The number of benzene rings is 1. The highest BCUT2D eigenvalue weighted by atomic mass is 32.2. The molecule has 2 fully saturated rings. The second-order valence-corrected chi connectivity index (χ2v) is 15.7. The van der Waals surface area contributed by atoms with Crippen molar-refractivity contribution in [3.63, 3.8) is 0 Å². The van der Waals surface area contributed by atoms with Crippen molar-refractivity contribution in [2.45, 2.75) is 106 Å². The zero-order chi connectivity index (χ0) is 34.6. The summed E-state index contributed by atoms with van der Waals surface area (Å²) in [6.45, 7) is 5.06. The van der Waals surface area contributed by atoms with Crippen molar-refractivity contribution in [3.05, 3.63) is 75.9 Å². The number of aliphatic hydroxyl groups is 1. The van der Waals surface area contributed by atoms with Gasteiger partial charge in [0.2, 0.25) is 11.9 Å². The summed E-state index contributed by atoms with van der Waals surface area (Å²) in [7, 11) is 0. The number of fused-ring (bicyclic) bond motifs is 1. The van der Waals surface area contributed by atoms with Gasteiger partial charge < -0.3 is 14.6 Å². The van der Waals surface area contributed by atoms with E-state index in [0.29, 0.717) is 72.1 Å². The second-order valence-electron chi connectivity index (χ2n) is 14.3. The fourth-order valence-corrected chi connectivity index (χ4v) is 8.09. The minimum atomic E-state index is -4.59. The van der Waals surface area contributed by atoms with Crippen molar-refractivity contribution in [2.24, 2.45) is 5.41 Å². The molecule has 2 aliphatic carbocycles. The van der Waals surface area contributed by atoms with E-state index in [2.05, 4.69) is 9.97 Å². The maximum absolute atomic E-state index is 17.2. The minimum Gasteiger partial charge on any atom is -0.612 e. The van der Waals surface area contributed by atoms with Crippen molar-refractivity contribution in [3.8, 4) is 0 Å². The van der Waals surface area contributed by atoms with Gasteiger partial charge in [0.15, 0.2) is 11.1 Å². The smallest absolute Gasteiger partial charge is 0.416 e. The molecule has 1 saturated heterocycles. The molecule has 0 amide bonds. The van der Waals surface area contributed by atoms with Crippen LogP contribution < -0.4 is 4.90 Å². The van der Waals surface area contributed by atoms with Crippen LogP contribution in [-0.2, 0) is 23.8 Å². The summed E-state index contributed by atoms with van der Waals surface area (Å²) < 4.78 is 98.0. The normalized spacial score (nSPS) is 23.1. The Hall–Kier alpha value is -2.90. The van der Waals surface area contributed by atoms with Crippen LogP contribution in [0.1, 0.15) is 122 Å². The lowest BCUT2D eigenvalue weighted by Gasteiger charge is -2.41. The lowest BCUT2D eigenvalue weighted by molar-refractivity contribution is -0.137. The van der Waals surface area contributed by atoms with Crippen LogP contribution in [0.15, 0.2) is 41.6 Å². The van der Waals surface area contributed by atoms with Gasteiger partial charge in [0.25, 0.3) is 0 Å². The van der Waals surface area contributed by atoms with Crippen LogP contribution in [0.2, 0.25) is 0 Å². The Labute approximate surface area is 279 Å². The molecule has 13 heteroatoms. The van der Waals surface area contributed by atoms with Gasteiger partial charge in [-0.25, -0.2) is 23.1 Å². The zero-order valence-electron chi connectivity index (χ0n) is 27.2. The first-order valence-electron chi connectivity index (χ1n) is 16.4. The molecule has 48 heavy (non-hydrogen) atoms. The lowest BCUT2D eigenvalue weighted by atomic mass is 9.68. The Morgan fingerprint density at radius 2 is 1.56 bits per heavy atom. The maximum Gasteiger partial charge on any atom is 0.416 e. The van der Waals surface area contributed by atoms with Crippen LogP contribution in [0, 0.1) is 5.41 Å². The molecule has 6 nitrogen and oxygen atoms in total. The highest BCUT2D eigenvalue weighted by Gasteiger charge is 2.44. The zero-order valence-corrected chi connectivity index (χ0v) is 28.0. The van der Waals surface area contributed by atoms with Gasteiger partial charge >= 0.3 is 6.18 Å². The second kappa shape index (κ2) is 13.1. The molecule has 1 aromatic carbocycles. The van der Waals surface area contributed by atoms with Gasteiger partial charge in [0, 0.05) is 48.7 Å². The number of piperidine rings is 1. The number of nitrogens with zero attached hydrogens (tertiary/aromatic N) is 4. The number of aromatic nitrogens is 3. The first-order chi connectivity index (χ1) is 22.5. The number of hydrogen-bond donors (Lipinski definition) is 1. The summed E-state index contributed by atoms with van der Waals surface area (Å²) in [4.78, 5) is 16.3. The van der Waals surface area contributed by atoms with E-state index in [4.69, 9.17) is 4.98 Å². The van der Waals surface area contributed by atoms with Gasteiger partial charge in [0.05, 0.1) is 29.8 Å². The average molecular weight is 695 g/mol. The van der Waals surface area contributed by atoms with Gasteiger partial charge in [-0.1, -0.05) is 26.0 Å². The highest BCUT2D eigenvalue weighted by Crippen LogP contribution is 2.52. The van der Waals surface area contributed by atoms with Crippen molar-refractivity contribution < 1.29 is 36.0 Å². The van der Waals surface area contributed by atoms with Crippen LogP contribution in [0.4, 0.5) is 32.3 Å². The van der Waals surface area contributed by atoms with Gasteiger partial charge in [0.1, 0.15) is 6.26 Å². The first kappa shape index (κ1) is 34.9. The fraction of sp³-hybridized carbons (Fsp3) is 0.571. The van der Waals surface area contributed by atoms with E-state index >= 15 is 4.39 Å². The largest absolute Gasteiger partial charge is 0.612 e. The SMILES string of the molecule is C[S+]([O-])c1cnc(N2CCC(c3nc4c(c(C5CCC(F)(F)CC5)c3C(F)c3ccc(C(F)(F)F)cc3)[C@@H](O)CC(C)(C)C4)CC2)nc1. The number of anilines is 1. The van der Waals surface area contributed by atoms with E-state index in [1.807, 2.05) is 18.7 Å². The maximum atomic E-state index is 17.2. The molecular formula is C35H40F6N4O2S. The standard InChI is InChI=1S/C35H40F6N4O2S/c1-33(2)16-25-28(26(46)17-33)27(20-8-12-34(37,38)13-9-20)29(30(36)21-4-6-23(7-5-21)35(39,40)41)31(44-25)22-10-14-45(15-11-22)32-42-18-24(19-43-32)48(3)47/h4-7,18-20,22,26,30,46H,8-17H2,1-3H3/t26-,30?,48?/m0/s1. The molecule has 1 N–H and O–H groups in total. The Morgan fingerprint density at radius 3 is 2.12 bits per heavy atom. The number of hydrogen-bond acceptors (Lipinski definition) is 6. The third-order valence-electron chi connectivity index (χ3n) is 10.2. The van der Waals surface area contributed by atoms with Crippen molar-refractivity contribution in [1.29, 1.82) is 0 Å². The molecule has 3 heterocycles. The predicted molar refractivity (Wildman–Crippen MR) is 170 cm³/mol. The summed E-state index contributed by atoms with van der Waals surface area (Å²) in [6, 6.07) is 3.96. The number of halogens is 6. The van der Waals surface area contributed by atoms with Crippen molar-refractivity contribution in [1.82, 2.24) is 15.0 Å². The summed E-state index contributed by atoms with van der Waals surface area (Å²) in [5, 5.41) is 11.6. The van der Waals surface area contributed by atoms with Gasteiger partial charge in [-0.3, -0.25) is 4.98 Å². The summed E-state index contributed by atoms with van der Waals surface area (Å²) in [5.41, 5.74) is 1.13. The molecule has 3 atom stereocenters. The third-order valence-corrected chi connectivity index (χ3v) is 11.0. The van der Waals surface area contributed by atoms with Crippen LogP contribution in [0.3, 0.4) is 0 Å². The monoisotopic (exact) mass is 694 g/mol. The molecular weight excluding hydrogens is 654 g/mol. The minimum absolute atomic E-state index is 0.0123. The Balaban J connectivity index is 1.45. The Kier molecular flexibility index (Phi) is 9.53. The number of pyridine rings is 1. The first-order valence-corrected chi connectivity index (χ1v) is 17.9. The molecule has 3 aromatic rings. The number of rotatable bonds is 6. The van der Waals surface area contributed by atoms with Crippen LogP contribution in [0.25, 0.3) is 0 Å². The topological polar surface area (TPSA) is 85.2 Å². The van der Waals surface area contributed by atoms with E-state index in [-0.39, 0.29) is 48.1 Å². The molecule has 2 aromatic heterocycles. The highest BCUT2D eigenvalue weighted by molar-refractivity contribution is 7.90. The Bertz CT molecular complexity index is 1600. The Morgan fingerprint density at radius 1 is 0.958 bits per heavy atom. The quantitative estimate of drug-likeness (QED) is 0.206. The van der Waals surface area contributed by atoms with E-state index in [0.717, 1.165) is 24.3 Å². The number of aliphatic hydroxyl groups excluding tert-OH is 1. The van der Waals surface area contributed by atoms with E-state index in [1.165, 1.54) is 12.4 Å². The average Bonchev–Trinajstić information content (AvgIpc) is 3.03. The van der Waals surface area contributed by atoms with Crippen molar-refractivity contribution >= 4 is 17.1 Å². The molecule has 6 rings (SSSR count). The molecule has 260 valence electrons. The summed E-state index contributed by atoms with van der Waals surface area (Å²) in [6.07, 6.45) is -1.44. The summed E-state index contributed by atoms with van der Waals surface area (Å²) in [5.74, 6) is -3.07. The van der Waals surface area contributed by atoms with Gasteiger partial charge in [-0.15, -0.1) is 0 Å². The third kappa shape index (κ3) is 7.19. The van der Waals surface area contributed by atoms with Crippen LogP contribution in [0.5, 0.6) is 0 Å². The molecule has 0 radical (unpaired) electrons. The van der Waals surface area contributed by atoms with E-state index < -0.39 is 47.0 Å². The van der Waals surface area contributed by atoms with E-state index in [9.17, 15) is 31.6 Å². The molecule has 3 aliphatic rings. The number of alkyl halides is 6. The van der Waals surface area contributed by atoms with Gasteiger partial charge in [-0.05, 0) is 84.3 Å². The molecule has 1 saturated carbocycles. The predicted octanol–water partition coefficient (Wildman–Crippen LogP) is 8.37. The van der Waals surface area contributed by atoms with Gasteiger partial charge in [-0.2, -0.15) is 13.2 Å². The molecule has 0 spiro atoms. The van der Waals surface area contributed by atoms with Crippen LogP contribution >= 0.6 is 0 Å². The van der Waals surface area contributed by atoms with E-state index in [1.54, 1.807) is 6.26 Å². The lowest BCUT2D eigenvalue weighted by Crippen LogP contribution is -2.36. The van der Waals surface area contributed by atoms with Crippen LogP contribution in [-0.4, -0.2) is 49.9 Å². The fourth-order valence-electron chi connectivity index (χ4n) is 7.69. The molecule has 0 bridgehead atoms. The van der Waals surface area contributed by atoms with Crippen molar-refractivity contribution in [2.75, 3.05) is 24.2 Å². The molecule has 1 aliphatic heterocycles.